The largest absolute Gasteiger partial charge is 0.417 e. The topological polar surface area (TPSA) is 12.4 Å². The molecule has 0 amide bonds. The van der Waals surface area contributed by atoms with Gasteiger partial charge < -0.3 is 0 Å². The molecule has 0 aromatic heterocycles. The molecular formula is C9H7BrF3NS. The molecule has 15 heavy (non-hydrogen) atoms. The van der Waals surface area contributed by atoms with Gasteiger partial charge in [0.15, 0.2) is 0 Å². The lowest BCUT2D eigenvalue weighted by Gasteiger charge is -2.11. The van der Waals surface area contributed by atoms with Crippen LogP contribution in [0.3, 0.4) is 0 Å². The van der Waals surface area contributed by atoms with E-state index in [-0.39, 0.29) is 10.2 Å². The highest BCUT2D eigenvalue weighted by Crippen LogP contribution is 2.38. The summed E-state index contributed by atoms with van der Waals surface area (Å²) < 4.78 is 37.7. The van der Waals surface area contributed by atoms with Gasteiger partial charge in [-0.05, 0) is 40.5 Å². The Morgan fingerprint density at radius 3 is 2.47 bits per heavy atom. The molecule has 0 bridgehead atoms. The fourth-order valence-corrected chi connectivity index (χ4v) is 1.69. The first-order valence-corrected chi connectivity index (χ1v) is 5.21. The number of hydrogen-bond acceptors (Lipinski definition) is 1. The van der Waals surface area contributed by atoms with Crippen molar-refractivity contribution < 1.29 is 13.2 Å². The monoisotopic (exact) mass is 297 g/mol. The Labute approximate surface area is 98.9 Å². The third-order valence-corrected chi connectivity index (χ3v) is 2.92. The molecule has 0 saturated carbocycles. The van der Waals surface area contributed by atoms with Crippen molar-refractivity contribution in [2.45, 2.75) is 13.1 Å². The number of thiol groups is 1. The summed E-state index contributed by atoms with van der Waals surface area (Å²) in [6.45, 7) is 1.58. The molecule has 0 spiro atoms. The summed E-state index contributed by atoms with van der Waals surface area (Å²) in [6, 6.07) is 2.52. The number of aliphatic imine (C=N–C) groups is 1. The van der Waals surface area contributed by atoms with Crippen LogP contribution in [-0.4, -0.2) is 5.55 Å². The van der Waals surface area contributed by atoms with Crippen molar-refractivity contribution in [2.75, 3.05) is 0 Å². The molecule has 6 heteroatoms. The van der Waals surface area contributed by atoms with E-state index in [2.05, 4.69) is 33.6 Å². The summed E-state index contributed by atoms with van der Waals surface area (Å²) in [5.41, 5.74) is 1.15. The van der Waals surface area contributed by atoms with Gasteiger partial charge in [-0.1, -0.05) is 0 Å². The molecule has 1 rings (SSSR count). The second kappa shape index (κ2) is 4.57. The SMILES string of the molecule is Cc1cc(/N=C/S)cc(C(F)(F)F)c1Br. The molecule has 0 atom stereocenters. The Balaban J connectivity index is 3.38. The Kier molecular flexibility index (Phi) is 3.83. The molecule has 1 aromatic rings. The van der Waals surface area contributed by atoms with E-state index in [0.717, 1.165) is 11.6 Å². The fourth-order valence-electron chi connectivity index (χ4n) is 1.10. The van der Waals surface area contributed by atoms with Crippen LogP contribution in [0.25, 0.3) is 0 Å². The lowest BCUT2D eigenvalue weighted by Crippen LogP contribution is -2.06. The van der Waals surface area contributed by atoms with Crippen LogP contribution < -0.4 is 0 Å². The standard InChI is InChI=1S/C9H7BrF3NS/c1-5-2-6(14-4-15)3-7(8(5)10)9(11,12)13/h2-4H,1H3,(H,14,15). The zero-order valence-corrected chi connectivity index (χ0v) is 10.1. The second-order valence-electron chi connectivity index (χ2n) is 2.87. The van der Waals surface area contributed by atoms with Gasteiger partial charge in [0.1, 0.15) is 0 Å². The van der Waals surface area contributed by atoms with Crippen molar-refractivity contribution in [3.8, 4) is 0 Å². The van der Waals surface area contributed by atoms with Gasteiger partial charge in [-0.3, -0.25) is 4.99 Å². The van der Waals surface area contributed by atoms with Gasteiger partial charge in [-0.25, -0.2) is 0 Å². The van der Waals surface area contributed by atoms with Gasteiger partial charge in [0.25, 0.3) is 0 Å². The average molecular weight is 298 g/mol. The lowest BCUT2D eigenvalue weighted by molar-refractivity contribution is -0.138. The number of nitrogens with zero attached hydrogens (tertiary/aromatic N) is 1. The van der Waals surface area contributed by atoms with E-state index < -0.39 is 11.7 Å². The number of aryl methyl sites for hydroxylation is 1. The first kappa shape index (κ1) is 12.6. The summed E-state index contributed by atoms with van der Waals surface area (Å²) in [5, 5.41) is 0. The van der Waals surface area contributed by atoms with Crippen LogP contribution in [0, 0.1) is 6.92 Å². The minimum Gasteiger partial charge on any atom is -0.250 e. The Bertz CT molecular complexity index is 401. The van der Waals surface area contributed by atoms with E-state index in [1.54, 1.807) is 13.0 Å². The molecule has 0 unspecified atom stereocenters. The average Bonchev–Trinajstić information content (AvgIpc) is 2.09. The number of rotatable bonds is 1. The van der Waals surface area contributed by atoms with Crippen molar-refractivity contribution in [1.29, 1.82) is 0 Å². The molecule has 0 radical (unpaired) electrons. The van der Waals surface area contributed by atoms with Crippen LogP contribution in [0.1, 0.15) is 11.1 Å². The maximum absolute atomic E-state index is 12.5. The summed E-state index contributed by atoms with van der Waals surface area (Å²) in [5.74, 6) is 0. The van der Waals surface area contributed by atoms with Gasteiger partial charge in [-0.15, -0.1) is 12.6 Å². The number of alkyl halides is 3. The molecular weight excluding hydrogens is 291 g/mol. The van der Waals surface area contributed by atoms with Crippen LogP contribution in [0.2, 0.25) is 0 Å². The maximum Gasteiger partial charge on any atom is 0.417 e. The normalized spacial score (nSPS) is 12.4. The smallest absolute Gasteiger partial charge is 0.250 e. The molecule has 1 aromatic carbocycles. The van der Waals surface area contributed by atoms with Crippen LogP contribution in [0.5, 0.6) is 0 Å². The summed E-state index contributed by atoms with van der Waals surface area (Å²) in [7, 11) is 0. The van der Waals surface area contributed by atoms with Crippen LogP contribution in [0.4, 0.5) is 18.9 Å². The van der Waals surface area contributed by atoms with Gasteiger partial charge in [0, 0.05) is 4.47 Å². The Hall–Kier alpha value is -0.490. The predicted molar refractivity (Wildman–Crippen MR) is 61.0 cm³/mol. The van der Waals surface area contributed by atoms with Gasteiger partial charge in [0.05, 0.1) is 16.8 Å². The summed E-state index contributed by atoms with van der Waals surface area (Å²) in [6.07, 6.45) is -4.38. The first-order chi connectivity index (χ1) is 6.86. The van der Waals surface area contributed by atoms with Crippen molar-refractivity contribution in [3.63, 3.8) is 0 Å². The molecule has 0 aliphatic heterocycles. The summed E-state index contributed by atoms with van der Waals surface area (Å²) in [4.78, 5) is 3.70. The van der Waals surface area contributed by atoms with Gasteiger partial charge >= 0.3 is 6.18 Å². The van der Waals surface area contributed by atoms with Crippen LogP contribution in [-0.2, 0) is 6.18 Å². The number of benzene rings is 1. The van der Waals surface area contributed by atoms with Crippen LogP contribution >= 0.6 is 28.6 Å². The molecule has 82 valence electrons. The van der Waals surface area contributed by atoms with Crippen LogP contribution in [0.15, 0.2) is 21.6 Å². The zero-order valence-electron chi connectivity index (χ0n) is 7.64. The van der Waals surface area contributed by atoms with Crippen molar-refractivity contribution in [3.05, 3.63) is 27.7 Å². The van der Waals surface area contributed by atoms with E-state index in [4.69, 9.17) is 0 Å². The molecule has 0 heterocycles. The molecule has 0 aliphatic carbocycles. The van der Waals surface area contributed by atoms with E-state index in [0.29, 0.717) is 5.56 Å². The van der Waals surface area contributed by atoms with Crippen molar-refractivity contribution in [1.82, 2.24) is 0 Å². The van der Waals surface area contributed by atoms with Crippen molar-refractivity contribution >= 4 is 39.8 Å². The molecule has 0 saturated heterocycles. The maximum atomic E-state index is 12.5. The third kappa shape index (κ3) is 2.98. The van der Waals surface area contributed by atoms with E-state index >= 15 is 0 Å². The molecule has 0 fully saturated rings. The highest BCUT2D eigenvalue weighted by atomic mass is 79.9. The molecule has 1 nitrogen and oxygen atoms in total. The highest BCUT2D eigenvalue weighted by molar-refractivity contribution is 9.10. The fraction of sp³-hybridized carbons (Fsp3) is 0.222. The lowest BCUT2D eigenvalue weighted by atomic mass is 10.1. The third-order valence-electron chi connectivity index (χ3n) is 1.75. The van der Waals surface area contributed by atoms with Gasteiger partial charge in [0.2, 0.25) is 0 Å². The number of halogens is 4. The highest BCUT2D eigenvalue weighted by Gasteiger charge is 2.33. The summed E-state index contributed by atoms with van der Waals surface area (Å²) >= 11 is 6.62. The Morgan fingerprint density at radius 2 is 2.00 bits per heavy atom. The van der Waals surface area contributed by atoms with E-state index in [9.17, 15) is 13.2 Å². The second-order valence-corrected chi connectivity index (χ2v) is 3.89. The quantitative estimate of drug-likeness (QED) is 0.449. The van der Waals surface area contributed by atoms with E-state index in [1.807, 2.05) is 0 Å². The van der Waals surface area contributed by atoms with E-state index in [1.165, 1.54) is 0 Å². The zero-order chi connectivity index (χ0) is 11.6. The van der Waals surface area contributed by atoms with Crippen molar-refractivity contribution in [2.24, 2.45) is 4.99 Å². The van der Waals surface area contributed by atoms with Gasteiger partial charge in [-0.2, -0.15) is 13.2 Å². The minimum absolute atomic E-state index is 0.0492. The molecule has 0 N–H and O–H groups in total. The molecule has 0 aliphatic rings. The number of hydrogen-bond donors (Lipinski definition) is 1. The Morgan fingerprint density at radius 1 is 1.40 bits per heavy atom. The predicted octanol–water partition coefficient (Wildman–Crippen LogP) is 4.37. The minimum atomic E-state index is -4.38. The first-order valence-electron chi connectivity index (χ1n) is 3.90.